The third-order valence-electron chi connectivity index (χ3n) is 4.24. The summed E-state index contributed by atoms with van der Waals surface area (Å²) in [7, 11) is 1.26. The molecule has 0 aromatic heterocycles. The van der Waals surface area contributed by atoms with E-state index in [1.165, 1.54) is 79.9 Å². The van der Waals surface area contributed by atoms with Crippen LogP contribution >= 0.6 is 0 Å². The molecule has 3 aromatic carbocycles. The first-order valence-electron chi connectivity index (χ1n) is 9.12. The lowest BCUT2D eigenvalue weighted by Crippen LogP contribution is -2.10. The molecule has 0 heterocycles. The molecule has 0 saturated heterocycles. The number of carbonyl (C=O) groups excluding carboxylic acids is 4. The van der Waals surface area contributed by atoms with Gasteiger partial charge in [0.2, 0.25) is 0 Å². The number of nitrogens with zero attached hydrogens (tertiary/aromatic N) is 1. The molecule has 0 aliphatic rings. The van der Waals surface area contributed by atoms with Gasteiger partial charge in [0.15, 0.2) is 0 Å². The van der Waals surface area contributed by atoms with Gasteiger partial charge >= 0.3 is 23.8 Å². The van der Waals surface area contributed by atoms with E-state index in [9.17, 15) is 24.1 Å². The number of rotatable bonds is 6. The monoisotopic (exact) mass is 433 g/mol. The van der Waals surface area contributed by atoms with Gasteiger partial charge in [-0.05, 0) is 72.8 Å². The van der Waals surface area contributed by atoms with Crippen molar-refractivity contribution >= 4 is 23.8 Å². The van der Waals surface area contributed by atoms with E-state index in [4.69, 9.17) is 9.47 Å². The molecule has 0 atom stereocenters. The van der Waals surface area contributed by atoms with Crippen LogP contribution in [0, 0.1) is 4.91 Å². The highest BCUT2D eigenvalue weighted by Crippen LogP contribution is 2.20. The Labute approximate surface area is 181 Å². The second-order valence-corrected chi connectivity index (χ2v) is 6.29. The van der Waals surface area contributed by atoms with Crippen molar-refractivity contribution in [2.75, 3.05) is 7.11 Å². The Morgan fingerprint density at radius 1 is 0.562 bits per heavy atom. The van der Waals surface area contributed by atoms with Gasteiger partial charge in [-0.3, -0.25) is 4.79 Å². The minimum absolute atomic E-state index is 0.0580. The minimum atomic E-state index is -0.936. The maximum Gasteiger partial charge on any atom is 0.343 e. The molecule has 0 bridgehead atoms. The zero-order chi connectivity index (χ0) is 23.1. The summed E-state index contributed by atoms with van der Waals surface area (Å²) in [4.78, 5) is 57.3. The first kappa shape index (κ1) is 22.0. The van der Waals surface area contributed by atoms with Crippen molar-refractivity contribution in [2.45, 2.75) is 0 Å². The number of amides is 1. The average molecular weight is 433 g/mol. The molecule has 0 aliphatic carbocycles. The van der Waals surface area contributed by atoms with Crippen molar-refractivity contribution in [3.05, 3.63) is 100.0 Å². The van der Waals surface area contributed by atoms with E-state index in [0.717, 1.165) is 0 Å². The number of nitroso groups, excluding NO2 is 1. The first-order chi connectivity index (χ1) is 15.4. The van der Waals surface area contributed by atoms with Gasteiger partial charge in [-0.1, -0.05) is 0 Å². The summed E-state index contributed by atoms with van der Waals surface area (Å²) in [6.45, 7) is 0. The normalized spacial score (nSPS) is 10.0. The molecule has 160 valence electrons. The maximum absolute atomic E-state index is 12.2. The molecule has 32 heavy (non-hydrogen) atoms. The van der Waals surface area contributed by atoms with Crippen molar-refractivity contribution < 1.29 is 33.4 Å². The topological polar surface area (TPSA) is 125 Å². The van der Waals surface area contributed by atoms with Gasteiger partial charge in [-0.15, -0.1) is 4.91 Å². The fourth-order valence-corrected chi connectivity index (χ4v) is 2.57. The minimum Gasteiger partial charge on any atom is -0.465 e. The summed E-state index contributed by atoms with van der Waals surface area (Å²) in [5.74, 6) is -2.35. The third-order valence-corrected chi connectivity index (χ3v) is 4.24. The van der Waals surface area contributed by atoms with Crippen LogP contribution in [0.1, 0.15) is 41.4 Å². The van der Waals surface area contributed by atoms with Gasteiger partial charge in [0.1, 0.15) is 11.5 Å². The van der Waals surface area contributed by atoms with E-state index >= 15 is 0 Å². The standard InChI is InChI=1S/C23H15NO8/c1-30-21(26)15-6-8-17(9-7-15)23(28)32-19-12-10-18(11-13-19)31-22(27)16-4-2-14(3-5-16)20(25)24-29/h2-13H,1H3. The van der Waals surface area contributed by atoms with Crippen molar-refractivity contribution in [2.24, 2.45) is 5.18 Å². The highest BCUT2D eigenvalue weighted by molar-refractivity contribution is 5.97. The molecule has 0 aliphatic heterocycles. The van der Waals surface area contributed by atoms with Crippen LogP contribution < -0.4 is 9.47 Å². The number of carbonyl (C=O) groups is 4. The second-order valence-electron chi connectivity index (χ2n) is 6.29. The molecule has 0 N–H and O–H groups in total. The van der Waals surface area contributed by atoms with E-state index in [-0.39, 0.29) is 28.2 Å². The highest BCUT2D eigenvalue weighted by Gasteiger charge is 2.13. The highest BCUT2D eigenvalue weighted by atomic mass is 16.5. The lowest BCUT2D eigenvalue weighted by molar-refractivity contribution is 0.0598. The van der Waals surface area contributed by atoms with Gasteiger partial charge in [-0.25, -0.2) is 14.4 Å². The van der Waals surface area contributed by atoms with Crippen LogP contribution in [0.25, 0.3) is 0 Å². The number of hydrogen-bond donors (Lipinski definition) is 0. The molecular weight excluding hydrogens is 418 g/mol. The van der Waals surface area contributed by atoms with E-state index in [1.807, 2.05) is 0 Å². The van der Waals surface area contributed by atoms with Crippen LogP contribution in [0.4, 0.5) is 0 Å². The smallest absolute Gasteiger partial charge is 0.343 e. The molecule has 0 saturated carbocycles. The van der Waals surface area contributed by atoms with Crippen molar-refractivity contribution in [1.82, 2.24) is 0 Å². The molecule has 1 amide bonds. The molecule has 9 heteroatoms. The van der Waals surface area contributed by atoms with Gasteiger partial charge in [0.25, 0.3) is 0 Å². The fraction of sp³-hybridized carbons (Fsp3) is 0.0435. The lowest BCUT2D eigenvalue weighted by atomic mass is 10.1. The van der Waals surface area contributed by atoms with Crippen LogP contribution in [0.3, 0.4) is 0 Å². The molecule has 0 unspecified atom stereocenters. The number of methoxy groups -OCH3 is 1. The summed E-state index contributed by atoms with van der Waals surface area (Å²) < 4.78 is 15.1. The number of hydrogen-bond acceptors (Lipinski definition) is 8. The molecule has 0 spiro atoms. The summed E-state index contributed by atoms with van der Waals surface area (Å²) in [5, 5.41) is 2.30. The van der Waals surface area contributed by atoms with Crippen LogP contribution in [-0.4, -0.2) is 30.9 Å². The molecule has 3 aromatic rings. The Morgan fingerprint density at radius 2 is 0.906 bits per heavy atom. The van der Waals surface area contributed by atoms with Gasteiger partial charge < -0.3 is 14.2 Å². The summed E-state index contributed by atoms with van der Waals surface area (Å²) in [6, 6.07) is 16.8. The van der Waals surface area contributed by atoms with Crippen LogP contribution in [0.2, 0.25) is 0 Å². The maximum atomic E-state index is 12.2. The van der Waals surface area contributed by atoms with Gasteiger partial charge in [0.05, 0.1) is 23.8 Å². The summed E-state index contributed by atoms with van der Waals surface area (Å²) in [5.41, 5.74) is 0.762. The zero-order valence-corrected chi connectivity index (χ0v) is 16.6. The molecule has 9 nitrogen and oxygen atoms in total. The molecule has 0 radical (unpaired) electrons. The second kappa shape index (κ2) is 9.90. The lowest BCUT2D eigenvalue weighted by Gasteiger charge is -2.07. The van der Waals surface area contributed by atoms with Crippen LogP contribution in [0.15, 0.2) is 78.0 Å². The Morgan fingerprint density at radius 3 is 1.25 bits per heavy atom. The van der Waals surface area contributed by atoms with E-state index in [1.54, 1.807) is 0 Å². The molecular formula is C23H15NO8. The molecule has 3 rings (SSSR count). The molecule has 0 fully saturated rings. The average Bonchev–Trinajstić information content (AvgIpc) is 2.84. The van der Waals surface area contributed by atoms with Crippen molar-refractivity contribution in [3.8, 4) is 11.5 Å². The largest absolute Gasteiger partial charge is 0.465 e. The third kappa shape index (κ3) is 5.28. The van der Waals surface area contributed by atoms with E-state index < -0.39 is 23.8 Å². The van der Waals surface area contributed by atoms with Crippen molar-refractivity contribution in [3.63, 3.8) is 0 Å². The van der Waals surface area contributed by atoms with Crippen LogP contribution in [0.5, 0.6) is 11.5 Å². The first-order valence-corrected chi connectivity index (χ1v) is 9.12. The summed E-state index contributed by atoms with van der Waals surface area (Å²) >= 11 is 0. The van der Waals surface area contributed by atoms with Gasteiger partial charge in [0, 0.05) is 10.7 Å². The summed E-state index contributed by atoms with van der Waals surface area (Å²) in [6.07, 6.45) is 0. The number of esters is 3. The van der Waals surface area contributed by atoms with E-state index in [2.05, 4.69) is 9.91 Å². The van der Waals surface area contributed by atoms with E-state index in [0.29, 0.717) is 5.56 Å². The quantitative estimate of drug-likeness (QED) is 0.326. The predicted molar refractivity (Wildman–Crippen MR) is 111 cm³/mol. The van der Waals surface area contributed by atoms with Gasteiger partial charge in [-0.2, -0.15) is 0 Å². The Kier molecular flexibility index (Phi) is 6.81. The van der Waals surface area contributed by atoms with Crippen LogP contribution in [-0.2, 0) is 4.74 Å². The predicted octanol–water partition coefficient (Wildman–Crippen LogP) is 3.82. The van der Waals surface area contributed by atoms with Crippen molar-refractivity contribution in [1.29, 1.82) is 0 Å². The Bertz CT molecular complexity index is 1170. The Hall–Kier alpha value is -4.66. The number of ether oxygens (including phenoxy) is 3. The SMILES string of the molecule is COC(=O)c1ccc(C(=O)Oc2ccc(OC(=O)c3ccc(C(=O)N=O)cc3)cc2)cc1. The number of benzene rings is 3. The fourth-order valence-electron chi connectivity index (χ4n) is 2.57. The zero-order valence-electron chi connectivity index (χ0n) is 16.6. The Balaban J connectivity index is 1.60.